The van der Waals surface area contributed by atoms with E-state index < -0.39 is 18.5 Å². The van der Waals surface area contributed by atoms with E-state index in [1.165, 1.54) is 24.3 Å². The Morgan fingerprint density at radius 2 is 1.71 bits per heavy atom. The monoisotopic (exact) mass is 466 g/mol. The minimum Gasteiger partial charge on any atom is -0.452 e. The van der Waals surface area contributed by atoms with Gasteiger partial charge in [0.25, 0.3) is 11.8 Å². The maximum Gasteiger partial charge on any atom is 0.338 e. The van der Waals surface area contributed by atoms with Crippen LogP contribution in [0.3, 0.4) is 0 Å². The van der Waals surface area contributed by atoms with Gasteiger partial charge in [-0.2, -0.15) is 0 Å². The number of esters is 1. The van der Waals surface area contributed by atoms with Crippen molar-refractivity contribution in [1.82, 2.24) is 10.3 Å². The normalized spacial score (nSPS) is 13.2. The number of hydrazine groups is 1. The molecule has 2 aromatic carbocycles. The number of ether oxygens (including phenoxy) is 1. The predicted molar refractivity (Wildman–Crippen MR) is 124 cm³/mol. The molecule has 0 spiro atoms. The lowest BCUT2D eigenvalue weighted by Crippen LogP contribution is -2.50. The fourth-order valence-corrected chi connectivity index (χ4v) is 3.37. The van der Waals surface area contributed by atoms with Crippen LogP contribution in [0.1, 0.15) is 47.4 Å². The highest BCUT2D eigenvalue weighted by atomic mass is 16.5. The number of rotatable bonds is 8. The van der Waals surface area contributed by atoms with Crippen molar-refractivity contribution in [2.24, 2.45) is 0 Å². The summed E-state index contributed by atoms with van der Waals surface area (Å²) in [4.78, 5) is 62.2. The Labute approximate surface area is 196 Å². The average molecular weight is 466 g/mol. The van der Waals surface area contributed by atoms with Gasteiger partial charge in [-0.3, -0.25) is 24.6 Å². The van der Waals surface area contributed by atoms with E-state index in [2.05, 4.69) is 10.7 Å². The number of hydrogen-bond donors (Lipinski definition) is 2. The fraction of sp³-hybridized carbons (Fsp3) is 0.292. The molecule has 0 bridgehead atoms. The van der Waals surface area contributed by atoms with Crippen LogP contribution >= 0.6 is 0 Å². The van der Waals surface area contributed by atoms with Gasteiger partial charge in [0, 0.05) is 37.2 Å². The quantitative estimate of drug-likeness (QED) is 0.574. The minimum absolute atomic E-state index is 0.108. The number of carbonyl (C=O) groups excluding carboxylic acids is 5. The number of benzene rings is 2. The Balaban J connectivity index is 1.54. The maximum absolute atomic E-state index is 12.5. The molecule has 1 heterocycles. The van der Waals surface area contributed by atoms with Gasteiger partial charge in [0.2, 0.25) is 11.8 Å². The molecule has 34 heavy (non-hydrogen) atoms. The Morgan fingerprint density at radius 1 is 1.00 bits per heavy atom. The van der Waals surface area contributed by atoms with Crippen molar-refractivity contribution < 1.29 is 28.7 Å². The summed E-state index contributed by atoms with van der Waals surface area (Å²) < 4.78 is 5.06. The molecule has 2 aromatic rings. The summed E-state index contributed by atoms with van der Waals surface area (Å²) in [6, 6.07) is 12.4. The standard InChI is InChI=1S/C24H26N4O6/c1-3-27(4-2)23(32)17-6-5-7-18(14-17)25-21(30)15-34-24(33)16-8-10-19(11-9-16)28-22(31)13-12-20(29)26-28/h5-11,14H,3-4,12-13,15H2,1-2H3,(H,25,30)(H,26,29). The zero-order chi connectivity index (χ0) is 24.7. The molecule has 1 aliphatic rings. The van der Waals surface area contributed by atoms with Crippen molar-refractivity contribution in [3.05, 3.63) is 59.7 Å². The molecular weight excluding hydrogens is 440 g/mol. The van der Waals surface area contributed by atoms with Gasteiger partial charge in [-0.15, -0.1) is 0 Å². The lowest BCUT2D eigenvalue weighted by molar-refractivity contribution is -0.130. The number of hydrogen-bond acceptors (Lipinski definition) is 6. The van der Waals surface area contributed by atoms with Crippen molar-refractivity contribution in [3.63, 3.8) is 0 Å². The number of anilines is 2. The van der Waals surface area contributed by atoms with E-state index in [9.17, 15) is 24.0 Å². The Bertz CT molecular complexity index is 1090. The second-order valence-electron chi connectivity index (χ2n) is 7.49. The Kier molecular flexibility index (Phi) is 7.96. The van der Waals surface area contributed by atoms with Gasteiger partial charge < -0.3 is 15.0 Å². The van der Waals surface area contributed by atoms with Crippen LogP contribution in [-0.4, -0.2) is 54.2 Å². The lowest BCUT2D eigenvalue weighted by atomic mass is 10.1. The van der Waals surface area contributed by atoms with Crippen molar-refractivity contribution in [2.45, 2.75) is 26.7 Å². The summed E-state index contributed by atoms with van der Waals surface area (Å²) in [5, 5.41) is 3.74. The van der Waals surface area contributed by atoms with E-state index in [0.717, 1.165) is 5.01 Å². The van der Waals surface area contributed by atoms with Crippen molar-refractivity contribution in [1.29, 1.82) is 0 Å². The summed E-state index contributed by atoms with van der Waals surface area (Å²) >= 11 is 0. The molecule has 1 saturated heterocycles. The highest BCUT2D eigenvalue weighted by Gasteiger charge is 2.24. The van der Waals surface area contributed by atoms with Crippen molar-refractivity contribution in [3.8, 4) is 0 Å². The van der Waals surface area contributed by atoms with Crippen molar-refractivity contribution >= 4 is 41.0 Å². The van der Waals surface area contributed by atoms with Gasteiger partial charge in [-0.25, -0.2) is 9.80 Å². The van der Waals surface area contributed by atoms with Crippen LogP contribution in [0.25, 0.3) is 0 Å². The predicted octanol–water partition coefficient (Wildman–Crippen LogP) is 2.12. The smallest absolute Gasteiger partial charge is 0.338 e. The SMILES string of the molecule is CCN(CC)C(=O)c1cccc(NC(=O)COC(=O)c2ccc(N3NC(=O)CCC3=O)cc2)c1. The molecule has 0 atom stereocenters. The number of amides is 4. The van der Waals surface area contributed by atoms with Gasteiger partial charge in [-0.1, -0.05) is 6.07 Å². The van der Waals surface area contributed by atoms with E-state index in [1.807, 2.05) is 13.8 Å². The van der Waals surface area contributed by atoms with E-state index in [-0.39, 0.29) is 36.1 Å². The van der Waals surface area contributed by atoms with Crippen LogP contribution in [0.15, 0.2) is 48.5 Å². The van der Waals surface area contributed by atoms with E-state index in [1.54, 1.807) is 29.2 Å². The Hall–Kier alpha value is -4.21. The van der Waals surface area contributed by atoms with E-state index in [0.29, 0.717) is 30.0 Å². The van der Waals surface area contributed by atoms with Gasteiger partial charge >= 0.3 is 5.97 Å². The highest BCUT2D eigenvalue weighted by molar-refractivity contribution is 6.02. The van der Waals surface area contributed by atoms with Crippen LogP contribution in [0.5, 0.6) is 0 Å². The number of nitrogens with one attached hydrogen (secondary N) is 2. The maximum atomic E-state index is 12.5. The first-order chi connectivity index (χ1) is 16.3. The highest BCUT2D eigenvalue weighted by Crippen LogP contribution is 2.18. The van der Waals surface area contributed by atoms with Crippen LogP contribution in [0.2, 0.25) is 0 Å². The fourth-order valence-electron chi connectivity index (χ4n) is 3.37. The summed E-state index contributed by atoms with van der Waals surface area (Å²) in [6.45, 7) is 4.41. The summed E-state index contributed by atoms with van der Waals surface area (Å²) in [6.07, 6.45) is 0.246. The summed E-state index contributed by atoms with van der Waals surface area (Å²) in [7, 11) is 0. The lowest BCUT2D eigenvalue weighted by Gasteiger charge is -2.27. The first kappa shape index (κ1) is 24.4. The molecule has 0 radical (unpaired) electrons. The molecule has 0 unspecified atom stereocenters. The second-order valence-corrected chi connectivity index (χ2v) is 7.49. The van der Waals surface area contributed by atoms with Crippen LogP contribution in [-0.2, 0) is 19.1 Å². The van der Waals surface area contributed by atoms with Gasteiger partial charge in [0.05, 0.1) is 11.3 Å². The van der Waals surface area contributed by atoms with Crippen LogP contribution < -0.4 is 15.8 Å². The number of carbonyl (C=O) groups is 5. The number of nitrogens with zero attached hydrogens (tertiary/aromatic N) is 2. The summed E-state index contributed by atoms with van der Waals surface area (Å²) in [5.74, 6) is -1.94. The van der Waals surface area contributed by atoms with Gasteiger partial charge in [0.15, 0.2) is 6.61 Å². The molecule has 3 rings (SSSR count). The second kappa shape index (κ2) is 11.1. The molecule has 0 aromatic heterocycles. The average Bonchev–Trinajstić information content (AvgIpc) is 2.85. The first-order valence-electron chi connectivity index (χ1n) is 10.9. The molecule has 4 amide bonds. The molecule has 0 saturated carbocycles. The molecular formula is C24H26N4O6. The molecule has 1 aliphatic heterocycles. The molecule has 2 N–H and O–H groups in total. The largest absolute Gasteiger partial charge is 0.452 e. The van der Waals surface area contributed by atoms with E-state index >= 15 is 0 Å². The third-order valence-electron chi connectivity index (χ3n) is 5.19. The molecule has 0 aliphatic carbocycles. The topological polar surface area (TPSA) is 125 Å². The molecule has 1 fully saturated rings. The van der Waals surface area contributed by atoms with Gasteiger partial charge in [0.1, 0.15) is 0 Å². The van der Waals surface area contributed by atoms with Crippen LogP contribution in [0.4, 0.5) is 11.4 Å². The summed E-state index contributed by atoms with van der Waals surface area (Å²) in [5.41, 5.74) is 3.92. The zero-order valence-corrected chi connectivity index (χ0v) is 19.0. The third-order valence-corrected chi connectivity index (χ3v) is 5.19. The van der Waals surface area contributed by atoms with Gasteiger partial charge in [-0.05, 0) is 56.3 Å². The minimum atomic E-state index is -0.721. The third kappa shape index (κ3) is 5.97. The zero-order valence-electron chi connectivity index (χ0n) is 19.0. The first-order valence-corrected chi connectivity index (χ1v) is 10.9. The van der Waals surface area contributed by atoms with E-state index in [4.69, 9.17) is 4.74 Å². The molecule has 10 heteroatoms. The molecule has 10 nitrogen and oxygen atoms in total. The van der Waals surface area contributed by atoms with Crippen molar-refractivity contribution in [2.75, 3.05) is 30.0 Å². The molecule has 178 valence electrons. The van der Waals surface area contributed by atoms with Crippen LogP contribution in [0, 0.1) is 0 Å². The Morgan fingerprint density at radius 3 is 2.38 bits per heavy atom.